The van der Waals surface area contributed by atoms with Gasteiger partial charge in [0.2, 0.25) is 0 Å². The van der Waals surface area contributed by atoms with Crippen molar-refractivity contribution in [3.8, 4) is 0 Å². The molecule has 0 atom stereocenters. The lowest BCUT2D eigenvalue weighted by atomic mass is 10.2. The van der Waals surface area contributed by atoms with Crippen LogP contribution in [0, 0.1) is 0 Å². The molecule has 0 saturated carbocycles. The van der Waals surface area contributed by atoms with Gasteiger partial charge in [-0.05, 0) is 40.7 Å². The number of hydrogen-bond acceptors (Lipinski definition) is 2. The number of nitrogens with zero attached hydrogens (tertiary/aromatic N) is 1. The third-order valence-electron chi connectivity index (χ3n) is 1.87. The third-order valence-corrected chi connectivity index (χ3v) is 1.87. The second-order valence-electron chi connectivity index (χ2n) is 3.83. The van der Waals surface area contributed by atoms with Crippen LogP contribution in [0.1, 0.15) is 34.6 Å². The molecule has 0 fully saturated rings. The minimum absolute atomic E-state index is 0.146. The molecule has 0 aromatic rings. The topological polar surface area (TPSA) is 29.5 Å². The molecule has 3 heteroatoms. The largest absolute Gasteiger partial charge is 0.418 e. The molecule has 0 aliphatic rings. The Labute approximate surface area is 92.4 Å². The second-order valence-corrected chi connectivity index (χ2v) is 3.83. The molecule has 0 aromatic heterocycles. The van der Waals surface area contributed by atoms with Crippen LogP contribution in [0.15, 0.2) is 24.5 Å². The highest BCUT2D eigenvalue weighted by Gasteiger charge is 2.20. The van der Waals surface area contributed by atoms with Gasteiger partial charge >= 0.3 is 6.09 Å². The van der Waals surface area contributed by atoms with Crippen molar-refractivity contribution in [1.29, 1.82) is 0 Å². The smallest absolute Gasteiger partial charge is 0.415 e. The Balaban J connectivity index is 4.27. The van der Waals surface area contributed by atoms with Crippen LogP contribution in [0.5, 0.6) is 0 Å². The Hall–Kier alpha value is -1.25. The summed E-state index contributed by atoms with van der Waals surface area (Å²) < 4.78 is 4.98. The fourth-order valence-corrected chi connectivity index (χ4v) is 1.33. The third kappa shape index (κ3) is 5.25. The van der Waals surface area contributed by atoms with Gasteiger partial charge in [0.25, 0.3) is 0 Å². The van der Waals surface area contributed by atoms with Crippen LogP contribution in [0.25, 0.3) is 0 Å². The Morgan fingerprint density at radius 1 is 1.13 bits per heavy atom. The zero-order chi connectivity index (χ0) is 11.8. The van der Waals surface area contributed by atoms with Crippen LogP contribution in [0.4, 0.5) is 4.79 Å². The number of carbonyl (C=O) groups excluding carboxylic acids is 1. The average molecular weight is 211 g/mol. The number of carbonyl (C=O) groups is 1. The Kier molecular flexibility index (Phi) is 6.50. The van der Waals surface area contributed by atoms with E-state index in [0.717, 1.165) is 0 Å². The summed E-state index contributed by atoms with van der Waals surface area (Å²) in [5.74, 6) is 0. The fraction of sp³-hybridized carbons (Fsp3) is 0.583. The first-order valence-electron chi connectivity index (χ1n) is 5.27. The van der Waals surface area contributed by atoms with Crippen LogP contribution in [0.3, 0.4) is 0 Å². The average Bonchev–Trinajstić information content (AvgIpc) is 2.11. The minimum atomic E-state index is -0.305. The van der Waals surface area contributed by atoms with Crippen LogP contribution in [0.2, 0.25) is 0 Å². The molecule has 0 heterocycles. The maximum atomic E-state index is 11.6. The van der Waals surface area contributed by atoms with E-state index in [9.17, 15) is 4.79 Å². The van der Waals surface area contributed by atoms with Crippen molar-refractivity contribution in [2.45, 2.75) is 46.7 Å². The zero-order valence-corrected chi connectivity index (χ0v) is 10.2. The summed E-state index contributed by atoms with van der Waals surface area (Å²) in [4.78, 5) is 13.3. The number of ether oxygens (including phenoxy) is 1. The Morgan fingerprint density at radius 3 is 2.07 bits per heavy atom. The molecule has 86 valence electrons. The molecule has 0 N–H and O–H groups in total. The van der Waals surface area contributed by atoms with Gasteiger partial charge in [-0.1, -0.05) is 12.2 Å². The van der Waals surface area contributed by atoms with Gasteiger partial charge in [-0.15, -0.1) is 0 Å². The first kappa shape index (κ1) is 13.8. The number of hydrogen-bond donors (Lipinski definition) is 0. The second kappa shape index (κ2) is 7.10. The standard InChI is InChI=1S/C12H21NO2/c1-6-7-8-9-15-12(14)13(10(2)3)11(4)5/h6-11H,1-5H3/b7-6-,9-8+. The lowest BCUT2D eigenvalue weighted by molar-refractivity contribution is 0.109. The molecular formula is C12H21NO2. The van der Waals surface area contributed by atoms with Gasteiger partial charge in [0.1, 0.15) is 0 Å². The molecule has 0 bridgehead atoms. The Morgan fingerprint density at radius 2 is 1.67 bits per heavy atom. The minimum Gasteiger partial charge on any atom is -0.418 e. The Bertz CT molecular complexity index is 234. The number of amides is 1. The van der Waals surface area contributed by atoms with Gasteiger partial charge in [0.05, 0.1) is 6.26 Å². The summed E-state index contributed by atoms with van der Waals surface area (Å²) in [5.41, 5.74) is 0. The van der Waals surface area contributed by atoms with Gasteiger partial charge < -0.3 is 9.64 Å². The summed E-state index contributed by atoms with van der Waals surface area (Å²) >= 11 is 0. The molecule has 0 spiro atoms. The van der Waals surface area contributed by atoms with E-state index < -0.39 is 0 Å². The lowest BCUT2D eigenvalue weighted by Gasteiger charge is -2.28. The lowest BCUT2D eigenvalue weighted by Crippen LogP contribution is -2.41. The predicted octanol–water partition coefficient (Wildman–Crippen LogP) is 3.33. The number of rotatable bonds is 4. The van der Waals surface area contributed by atoms with Crippen molar-refractivity contribution in [1.82, 2.24) is 4.90 Å². The van der Waals surface area contributed by atoms with Crippen molar-refractivity contribution < 1.29 is 9.53 Å². The summed E-state index contributed by atoms with van der Waals surface area (Å²) in [6.07, 6.45) is 6.47. The normalized spacial score (nSPS) is 11.9. The van der Waals surface area contributed by atoms with Gasteiger partial charge in [-0.3, -0.25) is 0 Å². The first-order valence-corrected chi connectivity index (χ1v) is 5.27. The van der Waals surface area contributed by atoms with Crippen LogP contribution in [-0.2, 0) is 4.74 Å². The van der Waals surface area contributed by atoms with E-state index in [-0.39, 0.29) is 18.2 Å². The molecule has 0 radical (unpaired) electrons. The van der Waals surface area contributed by atoms with Crippen molar-refractivity contribution >= 4 is 6.09 Å². The van der Waals surface area contributed by atoms with E-state index in [4.69, 9.17) is 4.74 Å². The van der Waals surface area contributed by atoms with Gasteiger partial charge in [-0.25, -0.2) is 4.79 Å². The summed E-state index contributed by atoms with van der Waals surface area (Å²) in [6.45, 7) is 9.78. The van der Waals surface area contributed by atoms with E-state index >= 15 is 0 Å². The molecule has 15 heavy (non-hydrogen) atoms. The molecular weight excluding hydrogens is 190 g/mol. The van der Waals surface area contributed by atoms with E-state index in [0.29, 0.717) is 0 Å². The summed E-state index contributed by atoms with van der Waals surface area (Å²) in [6, 6.07) is 0.292. The van der Waals surface area contributed by atoms with Crippen molar-refractivity contribution in [3.05, 3.63) is 24.5 Å². The molecule has 0 aromatic carbocycles. The molecule has 3 nitrogen and oxygen atoms in total. The number of allylic oxidation sites excluding steroid dienone is 3. The first-order chi connectivity index (χ1) is 7.00. The highest BCUT2D eigenvalue weighted by molar-refractivity contribution is 5.69. The van der Waals surface area contributed by atoms with Crippen LogP contribution >= 0.6 is 0 Å². The molecule has 0 rings (SSSR count). The quantitative estimate of drug-likeness (QED) is 0.527. The SMILES string of the molecule is C/C=C\C=C\OC(=O)N(C(C)C)C(C)C. The van der Waals surface area contributed by atoms with Crippen LogP contribution in [-0.4, -0.2) is 23.1 Å². The monoisotopic (exact) mass is 211 g/mol. The van der Waals surface area contributed by atoms with E-state index in [2.05, 4.69) is 0 Å². The maximum Gasteiger partial charge on any atom is 0.415 e. The highest BCUT2D eigenvalue weighted by atomic mass is 16.5. The predicted molar refractivity (Wildman–Crippen MR) is 62.5 cm³/mol. The molecule has 1 amide bonds. The molecule has 0 saturated heterocycles. The van der Waals surface area contributed by atoms with Crippen molar-refractivity contribution in [2.75, 3.05) is 0 Å². The fourth-order valence-electron chi connectivity index (χ4n) is 1.33. The van der Waals surface area contributed by atoms with Gasteiger partial charge in [-0.2, -0.15) is 0 Å². The van der Waals surface area contributed by atoms with Crippen molar-refractivity contribution in [2.24, 2.45) is 0 Å². The van der Waals surface area contributed by atoms with Crippen LogP contribution < -0.4 is 0 Å². The molecule has 0 aliphatic heterocycles. The molecule has 0 aliphatic carbocycles. The van der Waals surface area contributed by atoms with Gasteiger partial charge in [0, 0.05) is 12.1 Å². The zero-order valence-electron chi connectivity index (χ0n) is 10.2. The van der Waals surface area contributed by atoms with E-state index in [1.54, 1.807) is 11.0 Å². The van der Waals surface area contributed by atoms with Gasteiger partial charge in [0.15, 0.2) is 0 Å². The summed E-state index contributed by atoms with van der Waals surface area (Å²) in [5, 5.41) is 0. The van der Waals surface area contributed by atoms with Crippen molar-refractivity contribution in [3.63, 3.8) is 0 Å². The summed E-state index contributed by atoms with van der Waals surface area (Å²) in [7, 11) is 0. The van der Waals surface area contributed by atoms with E-state index in [1.165, 1.54) is 6.26 Å². The highest BCUT2D eigenvalue weighted by Crippen LogP contribution is 2.07. The molecule has 0 unspecified atom stereocenters. The maximum absolute atomic E-state index is 11.6. The van der Waals surface area contributed by atoms with E-state index in [1.807, 2.05) is 46.8 Å².